The molecule has 0 bridgehead atoms. The fourth-order valence-electron chi connectivity index (χ4n) is 1.67. The monoisotopic (exact) mass is 254 g/mol. The first-order valence-electron chi connectivity index (χ1n) is 5.79. The molecule has 2 amide bonds. The summed E-state index contributed by atoms with van der Waals surface area (Å²) in [6.45, 7) is 4.27. The van der Waals surface area contributed by atoms with Gasteiger partial charge in [0.2, 0.25) is 0 Å². The van der Waals surface area contributed by atoms with Crippen LogP contribution in [0.1, 0.15) is 26.1 Å². The van der Waals surface area contributed by atoms with E-state index in [9.17, 15) is 9.59 Å². The lowest BCUT2D eigenvalue weighted by Gasteiger charge is -2.27. The van der Waals surface area contributed by atoms with Crippen LogP contribution in [0.25, 0.3) is 0 Å². The van der Waals surface area contributed by atoms with E-state index in [2.05, 4.69) is 15.3 Å². The van der Waals surface area contributed by atoms with Crippen molar-refractivity contribution >= 4 is 12.0 Å². The van der Waals surface area contributed by atoms with Crippen LogP contribution in [0, 0.1) is 0 Å². The third-order valence-corrected chi connectivity index (χ3v) is 2.57. The molecule has 1 aromatic rings. The number of rotatable bonds is 6. The third kappa shape index (κ3) is 4.08. The molecule has 0 saturated heterocycles. The maximum atomic E-state index is 11.9. The first-order chi connectivity index (χ1) is 8.54. The summed E-state index contributed by atoms with van der Waals surface area (Å²) >= 11 is 0. The van der Waals surface area contributed by atoms with Crippen LogP contribution >= 0.6 is 0 Å². The Morgan fingerprint density at radius 1 is 1.61 bits per heavy atom. The quantitative estimate of drug-likeness (QED) is 0.699. The molecular weight excluding hydrogens is 236 g/mol. The molecule has 0 aliphatic heterocycles. The Labute approximate surface area is 105 Å². The highest BCUT2D eigenvalue weighted by atomic mass is 16.4. The van der Waals surface area contributed by atoms with Crippen molar-refractivity contribution < 1.29 is 14.7 Å². The smallest absolute Gasteiger partial charge is 0.318 e. The van der Waals surface area contributed by atoms with Crippen molar-refractivity contribution in [1.29, 1.82) is 0 Å². The summed E-state index contributed by atoms with van der Waals surface area (Å²) < 4.78 is 0. The van der Waals surface area contributed by atoms with Gasteiger partial charge in [-0.05, 0) is 13.8 Å². The minimum Gasteiger partial charge on any atom is -0.481 e. The lowest BCUT2D eigenvalue weighted by Crippen LogP contribution is -2.45. The topological polar surface area (TPSA) is 98.3 Å². The van der Waals surface area contributed by atoms with Crippen molar-refractivity contribution in [3.8, 4) is 0 Å². The van der Waals surface area contributed by atoms with Gasteiger partial charge in [0.1, 0.15) is 5.82 Å². The van der Waals surface area contributed by atoms with Crippen LogP contribution in [0.3, 0.4) is 0 Å². The molecule has 0 aliphatic carbocycles. The van der Waals surface area contributed by atoms with Crippen LogP contribution in [0.5, 0.6) is 0 Å². The van der Waals surface area contributed by atoms with Gasteiger partial charge in [0.05, 0.1) is 13.0 Å². The first-order valence-corrected chi connectivity index (χ1v) is 5.79. The van der Waals surface area contributed by atoms with Crippen LogP contribution in [0.15, 0.2) is 12.4 Å². The van der Waals surface area contributed by atoms with E-state index in [4.69, 9.17) is 5.11 Å². The number of hydrogen-bond donors (Lipinski definition) is 3. The molecule has 0 radical (unpaired) electrons. The van der Waals surface area contributed by atoms with Gasteiger partial charge in [0.15, 0.2) is 0 Å². The summed E-state index contributed by atoms with van der Waals surface area (Å²) in [6, 6.07) is -0.633. The van der Waals surface area contributed by atoms with Gasteiger partial charge in [-0.2, -0.15) is 0 Å². The number of aromatic amines is 1. The van der Waals surface area contributed by atoms with Crippen LogP contribution in [0.4, 0.5) is 4.79 Å². The van der Waals surface area contributed by atoms with E-state index in [1.165, 1.54) is 4.90 Å². The van der Waals surface area contributed by atoms with E-state index in [0.717, 1.165) is 0 Å². The second kappa shape index (κ2) is 6.63. The first kappa shape index (κ1) is 14.0. The number of aliphatic carboxylic acids is 1. The minimum absolute atomic E-state index is 0.0674. The molecule has 0 aromatic carbocycles. The Kier molecular flexibility index (Phi) is 5.16. The Balaban J connectivity index is 2.48. The second-order valence-electron chi connectivity index (χ2n) is 3.93. The standard InChI is InChI=1S/C11H18N4O3/c1-3-15(8(2)6-10(16)17)11(18)14-7-9-12-4-5-13-9/h4-5,8H,3,6-7H2,1-2H3,(H,12,13)(H,14,18)(H,16,17). The van der Waals surface area contributed by atoms with Crippen molar-refractivity contribution in [2.45, 2.75) is 32.9 Å². The second-order valence-corrected chi connectivity index (χ2v) is 3.93. The maximum Gasteiger partial charge on any atom is 0.318 e. The van der Waals surface area contributed by atoms with Crippen molar-refractivity contribution in [2.24, 2.45) is 0 Å². The van der Waals surface area contributed by atoms with Gasteiger partial charge in [-0.3, -0.25) is 4.79 Å². The van der Waals surface area contributed by atoms with Crippen molar-refractivity contribution in [3.63, 3.8) is 0 Å². The lowest BCUT2D eigenvalue weighted by atomic mass is 10.2. The third-order valence-electron chi connectivity index (χ3n) is 2.57. The molecule has 7 nitrogen and oxygen atoms in total. The number of aromatic nitrogens is 2. The number of carboxylic acids is 1. The summed E-state index contributed by atoms with van der Waals surface area (Å²) in [5, 5.41) is 11.4. The molecule has 0 saturated carbocycles. The normalized spacial score (nSPS) is 11.9. The number of H-pyrrole nitrogens is 1. The highest BCUT2D eigenvalue weighted by molar-refractivity contribution is 5.75. The van der Waals surface area contributed by atoms with E-state index in [-0.39, 0.29) is 18.5 Å². The number of hydrogen-bond acceptors (Lipinski definition) is 3. The molecule has 1 rings (SSSR count). The number of imidazole rings is 1. The van der Waals surface area contributed by atoms with E-state index in [0.29, 0.717) is 18.9 Å². The zero-order valence-electron chi connectivity index (χ0n) is 10.5. The molecule has 1 aromatic heterocycles. The minimum atomic E-state index is -0.917. The van der Waals surface area contributed by atoms with Gasteiger partial charge in [0, 0.05) is 25.0 Å². The average Bonchev–Trinajstić information content (AvgIpc) is 2.79. The Bertz CT molecular complexity index is 391. The van der Waals surface area contributed by atoms with Crippen LogP contribution < -0.4 is 5.32 Å². The predicted molar refractivity (Wildman–Crippen MR) is 64.9 cm³/mol. The number of urea groups is 1. The molecule has 1 atom stereocenters. The zero-order chi connectivity index (χ0) is 13.5. The number of carbonyl (C=O) groups excluding carboxylic acids is 1. The van der Waals surface area contributed by atoms with Gasteiger partial charge in [0.25, 0.3) is 0 Å². The molecule has 18 heavy (non-hydrogen) atoms. The highest BCUT2D eigenvalue weighted by Gasteiger charge is 2.20. The van der Waals surface area contributed by atoms with Gasteiger partial charge in [-0.25, -0.2) is 9.78 Å². The number of nitrogens with zero attached hydrogens (tertiary/aromatic N) is 2. The van der Waals surface area contributed by atoms with E-state index >= 15 is 0 Å². The molecule has 1 heterocycles. The summed E-state index contributed by atoms with van der Waals surface area (Å²) in [5.74, 6) is -0.259. The molecule has 3 N–H and O–H groups in total. The van der Waals surface area contributed by atoms with Gasteiger partial charge >= 0.3 is 12.0 Å². The maximum absolute atomic E-state index is 11.9. The van der Waals surface area contributed by atoms with Crippen molar-refractivity contribution in [1.82, 2.24) is 20.2 Å². The molecular formula is C11H18N4O3. The summed E-state index contributed by atoms with van der Waals surface area (Å²) in [4.78, 5) is 30.8. The predicted octanol–water partition coefficient (Wildman–Crippen LogP) is 0.804. The Hall–Kier alpha value is -2.05. The molecule has 0 spiro atoms. The van der Waals surface area contributed by atoms with Gasteiger partial charge < -0.3 is 20.3 Å². The summed E-state index contributed by atoms with van der Waals surface area (Å²) in [6.07, 6.45) is 3.21. The molecule has 0 fully saturated rings. The average molecular weight is 254 g/mol. The number of nitrogens with one attached hydrogen (secondary N) is 2. The van der Waals surface area contributed by atoms with Gasteiger partial charge in [-0.15, -0.1) is 0 Å². The van der Waals surface area contributed by atoms with Crippen LogP contribution in [0.2, 0.25) is 0 Å². The summed E-state index contributed by atoms with van der Waals surface area (Å²) in [7, 11) is 0. The highest BCUT2D eigenvalue weighted by Crippen LogP contribution is 2.04. The van der Waals surface area contributed by atoms with Crippen LogP contribution in [-0.4, -0.2) is 44.6 Å². The fraction of sp³-hybridized carbons (Fsp3) is 0.545. The molecule has 7 heteroatoms. The lowest BCUT2D eigenvalue weighted by molar-refractivity contribution is -0.138. The van der Waals surface area contributed by atoms with E-state index in [1.54, 1.807) is 19.3 Å². The SMILES string of the molecule is CCN(C(=O)NCc1ncc[nH]1)C(C)CC(=O)O. The molecule has 1 unspecified atom stereocenters. The van der Waals surface area contributed by atoms with Crippen molar-refractivity contribution in [2.75, 3.05) is 6.54 Å². The van der Waals surface area contributed by atoms with Crippen molar-refractivity contribution in [3.05, 3.63) is 18.2 Å². The molecule has 100 valence electrons. The van der Waals surface area contributed by atoms with Crippen LogP contribution in [-0.2, 0) is 11.3 Å². The van der Waals surface area contributed by atoms with E-state index < -0.39 is 5.97 Å². The number of carboxylic acid groups (broad SMARTS) is 1. The van der Waals surface area contributed by atoms with Gasteiger partial charge in [-0.1, -0.05) is 0 Å². The summed E-state index contributed by atoms with van der Waals surface area (Å²) in [5.41, 5.74) is 0. The fourth-order valence-corrected chi connectivity index (χ4v) is 1.67. The van der Waals surface area contributed by atoms with E-state index in [1.807, 2.05) is 6.92 Å². The largest absolute Gasteiger partial charge is 0.481 e. The Morgan fingerprint density at radius 2 is 2.33 bits per heavy atom. The Morgan fingerprint density at radius 3 is 2.83 bits per heavy atom. The number of amides is 2. The molecule has 0 aliphatic rings. The number of carbonyl (C=O) groups is 2. The zero-order valence-corrected chi connectivity index (χ0v) is 10.5.